The molecule has 0 heterocycles. The molecule has 7 heteroatoms. The van der Waals surface area contributed by atoms with Crippen LogP contribution >= 0.6 is 0 Å². The highest BCUT2D eigenvalue weighted by Gasteiger charge is 2.60. The van der Waals surface area contributed by atoms with Gasteiger partial charge in [0.05, 0.1) is 0 Å². The molecule has 1 nitrogen and oxygen atoms in total. The van der Waals surface area contributed by atoms with Crippen LogP contribution in [0.1, 0.15) is 41.1 Å². The molecule has 1 fully saturated rings. The van der Waals surface area contributed by atoms with E-state index in [0.29, 0.717) is 5.56 Å². The molecule has 0 bridgehead atoms. The zero-order valence-corrected chi connectivity index (χ0v) is 10.8. The van der Waals surface area contributed by atoms with E-state index in [1.807, 2.05) is 0 Å². The van der Waals surface area contributed by atoms with E-state index in [2.05, 4.69) is 0 Å². The van der Waals surface area contributed by atoms with Crippen LogP contribution in [0.3, 0.4) is 0 Å². The van der Waals surface area contributed by atoms with E-state index < -0.39 is 29.6 Å². The van der Waals surface area contributed by atoms with Crippen molar-refractivity contribution in [3.05, 3.63) is 35.4 Å². The Morgan fingerprint density at radius 3 is 2.05 bits per heavy atom. The summed E-state index contributed by atoms with van der Waals surface area (Å²) >= 11 is 0. The van der Waals surface area contributed by atoms with Crippen molar-refractivity contribution in [2.45, 2.75) is 37.5 Å². The van der Waals surface area contributed by atoms with E-state index in [1.165, 1.54) is 6.07 Å². The lowest BCUT2D eigenvalue weighted by molar-refractivity contribution is -0.264. The zero-order valence-electron chi connectivity index (χ0n) is 10.8. The molecule has 21 heavy (non-hydrogen) atoms. The summed E-state index contributed by atoms with van der Waals surface area (Å²) in [6.07, 6.45) is -8.67. The molecule has 1 aromatic carbocycles. The summed E-state index contributed by atoms with van der Waals surface area (Å²) < 4.78 is 75.3. The van der Waals surface area contributed by atoms with Gasteiger partial charge in [-0.1, -0.05) is 24.6 Å². The quantitative estimate of drug-likeness (QED) is 0.574. The van der Waals surface area contributed by atoms with Gasteiger partial charge in [0.15, 0.2) is 5.78 Å². The monoisotopic (exact) mass is 310 g/mol. The number of alkyl halides is 6. The first-order valence-electron chi connectivity index (χ1n) is 6.38. The first-order valence-corrected chi connectivity index (χ1v) is 6.38. The van der Waals surface area contributed by atoms with Gasteiger partial charge in [-0.05, 0) is 30.4 Å². The molecule has 0 saturated heterocycles. The first kappa shape index (κ1) is 15.9. The molecule has 1 saturated carbocycles. The Morgan fingerprint density at radius 1 is 1.05 bits per heavy atom. The topological polar surface area (TPSA) is 17.1 Å². The molecule has 1 aliphatic carbocycles. The van der Waals surface area contributed by atoms with Crippen molar-refractivity contribution in [2.24, 2.45) is 5.92 Å². The second-order valence-corrected chi connectivity index (χ2v) is 5.13. The molecular formula is C14H12F6O. The van der Waals surface area contributed by atoms with Crippen molar-refractivity contribution in [2.75, 3.05) is 0 Å². The fourth-order valence-corrected chi connectivity index (χ4v) is 2.34. The molecule has 0 N–H and O–H groups in total. The Bertz CT molecular complexity index is 513. The summed E-state index contributed by atoms with van der Waals surface area (Å²) in [7, 11) is 0. The standard InChI is InChI=1S/C14H12F6O/c15-13(16,17)12(14(18,19)20)11(21)10-6-2-5-9(7-10)8-3-1-4-8/h2,5-8,12H,1,3-4H2. The molecule has 0 unspecified atom stereocenters. The van der Waals surface area contributed by atoms with Gasteiger partial charge in [-0.15, -0.1) is 0 Å². The molecule has 0 aromatic heterocycles. The number of ketones is 1. The molecular weight excluding hydrogens is 298 g/mol. The van der Waals surface area contributed by atoms with Crippen molar-refractivity contribution in [3.8, 4) is 0 Å². The van der Waals surface area contributed by atoms with E-state index in [1.54, 1.807) is 6.07 Å². The predicted molar refractivity (Wildman–Crippen MR) is 63.0 cm³/mol. The van der Waals surface area contributed by atoms with E-state index >= 15 is 0 Å². The first-order chi connectivity index (χ1) is 9.60. The van der Waals surface area contributed by atoms with Crippen LogP contribution in [0.25, 0.3) is 0 Å². The van der Waals surface area contributed by atoms with Crippen LogP contribution in [0.2, 0.25) is 0 Å². The van der Waals surface area contributed by atoms with Gasteiger partial charge in [-0.25, -0.2) is 0 Å². The van der Waals surface area contributed by atoms with Gasteiger partial charge in [-0.2, -0.15) is 26.3 Å². The van der Waals surface area contributed by atoms with E-state index in [9.17, 15) is 31.1 Å². The molecule has 1 aromatic rings. The summed E-state index contributed by atoms with van der Waals surface area (Å²) in [6.45, 7) is 0. The Balaban J connectivity index is 2.33. The third-order valence-corrected chi connectivity index (χ3v) is 3.66. The fourth-order valence-electron chi connectivity index (χ4n) is 2.34. The lowest BCUT2D eigenvalue weighted by Crippen LogP contribution is -2.42. The molecule has 2 rings (SSSR count). The summed E-state index contributed by atoms with van der Waals surface area (Å²) in [6, 6.07) is 5.09. The van der Waals surface area contributed by atoms with Gasteiger partial charge in [0.2, 0.25) is 5.92 Å². The second kappa shape index (κ2) is 5.35. The second-order valence-electron chi connectivity index (χ2n) is 5.13. The normalized spacial score (nSPS) is 16.9. The average molecular weight is 310 g/mol. The van der Waals surface area contributed by atoms with Crippen LogP contribution in [-0.4, -0.2) is 18.1 Å². The van der Waals surface area contributed by atoms with Gasteiger partial charge in [0.1, 0.15) is 0 Å². The van der Waals surface area contributed by atoms with Crippen molar-refractivity contribution in [1.82, 2.24) is 0 Å². The van der Waals surface area contributed by atoms with Gasteiger partial charge >= 0.3 is 12.4 Å². The van der Waals surface area contributed by atoms with Crippen molar-refractivity contribution < 1.29 is 31.1 Å². The van der Waals surface area contributed by atoms with Crippen LogP contribution in [-0.2, 0) is 0 Å². The van der Waals surface area contributed by atoms with Crippen molar-refractivity contribution in [3.63, 3.8) is 0 Å². The highest BCUT2D eigenvalue weighted by Crippen LogP contribution is 2.42. The Morgan fingerprint density at radius 2 is 1.62 bits per heavy atom. The molecule has 116 valence electrons. The smallest absolute Gasteiger partial charge is 0.293 e. The highest BCUT2D eigenvalue weighted by atomic mass is 19.4. The van der Waals surface area contributed by atoms with E-state index in [0.717, 1.165) is 31.4 Å². The third-order valence-electron chi connectivity index (χ3n) is 3.66. The molecule has 0 aliphatic heterocycles. The van der Waals surface area contributed by atoms with Gasteiger partial charge in [-0.3, -0.25) is 4.79 Å². The number of carbonyl (C=O) groups excluding carboxylic acids is 1. The number of hydrogen-bond acceptors (Lipinski definition) is 1. The van der Waals surface area contributed by atoms with Crippen LogP contribution in [0, 0.1) is 5.92 Å². The molecule has 0 radical (unpaired) electrons. The van der Waals surface area contributed by atoms with Crippen molar-refractivity contribution in [1.29, 1.82) is 0 Å². The molecule has 0 atom stereocenters. The summed E-state index contributed by atoms with van der Waals surface area (Å²) in [4.78, 5) is 11.7. The summed E-state index contributed by atoms with van der Waals surface area (Å²) in [5.41, 5.74) is 0.0780. The van der Waals surface area contributed by atoms with Crippen LogP contribution in [0.4, 0.5) is 26.3 Å². The van der Waals surface area contributed by atoms with Crippen LogP contribution in [0.15, 0.2) is 24.3 Å². The number of Topliss-reactive ketones (excluding diaryl/α,β-unsaturated/α-hetero) is 1. The molecule has 0 spiro atoms. The minimum atomic E-state index is -5.65. The largest absolute Gasteiger partial charge is 0.407 e. The number of benzene rings is 1. The van der Waals surface area contributed by atoms with E-state index in [-0.39, 0.29) is 5.92 Å². The summed E-state index contributed by atoms with van der Waals surface area (Å²) in [5, 5.41) is 0. The van der Waals surface area contributed by atoms with Gasteiger partial charge in [0.25, 0.3) is 0 Å². The number of rotatable bonds is 3. The third kappa shape index (κ3) is 3.39. The number of halogens is 6. The maximum Gasteiger partial charge on any atom is 0.407 e. The van der Waals surface area contributed by atoms with Gasteiger partial charge < -0.3 is 0 Å². The zero-order chi connectivity index (χ0) is 15.8. The van der Waals surface area contributed by atoms with E-state index in [4.69, 9.17) is 0 Å². The maximum atomic E-state index is 12.5. The Hall–Kier alpha value is -1.53. The van der Waals surface area contributed by atoms with Gasteiger partial charge in [0, 0.05) is 5.56 Å². The highest BCUT2D eigenvalue weighted by molar-refractivity contribution is 5.99. The molecule has 1 aliphatic rings. The average Bonchev–Trinajstić information content (AvgIpc) is 2.22. The number of carbonyl (C=O) groups is 1. The fraction of sp³-hybridized carbons (Fsp3) is 0.500. The Labute approximate surface area is 116 Å². The van der Waals surface area contributed by atoms with Crippen molar-refractivity contribution >= 4 is 5.78 Å². The lowest BCUT2D eigenvalue weighted by atomic mass is 9.79. The lowest BCUT2D eigenvalue weighted by Gasteiger charge is -2.26. The minimum Gasteiger partial charge on any atom is -0.293 e. The SMILES string of the molecule is O=C(c1cccc(C2CCC2)c1)C(C(F)(F)F)C(F)(F)F. The summed E-state index contributed by atoms with van der Waals surface area (Å²) in [5.74, 6) is -5.80. The van der Waals surface area contributed by atoms with Crippen LogP contribution in [0.5, 0.6) is 0 Å². The number of hydrogen-bond donors (Lipinski definition) is 0. The molecule has 0 amide bonds. The van der Waals surface area contributed by atoms with Crippen LogP contribution < -0.4 is 0 Å². The minimum absolute atomic E-state index is 0.118. The predicted octanol–water partition coefficient (Wildman–Crippen LogP) is 4.88. The maximum absolute atomic E-state index is 12.5. The Kier molecular flexibility index (Phi) is 4.04.